The maximum atomic E-state index is 13.9. The molecule has 0 aliphatic heterocycles. The fraction of sp³-hybridized carbons (Fsp3) is 0.0606. The van der Waals surface area contributed by atoms with Gasteiger partial charge < -0.3 is 14.6 Å². The molecule has 0 saturated carbocycles. The summed E-state index contributed by atoms with van der Waals surface area (Å²) < 4.78 is 26.1. The Kier molecular flexibility index (Phi) is 7.64. The summed E-state index contributed by atoms with van der Waals surface area (Å²) in [6.07, 6.45) is 2.96. The molecule has 6 nitrogen and oxygen atoms in total. The molecule has 0 spiro atoms. The van der Waals surface area contributed by atoms with E-state index in [1.54, 1.807) is 48.5 Å². The molecule has 0 radical (unpaired) electrons. The fourth-order valence-electron chi connectivity index (χ4n) is 4.10. The SMILES string of the molecule is C/C(=C\c1ccc(Oc2c(C(=O)c3cccc(F)c3)cnc3cc(OCc4ccccc4)ccc23)cc1)C(=O)O. The molecule has 5 aromatic rings. The first kappa shape index (κ1) is 26.3. The number of carbonyl (C=O) groups is 2. The average Bonchev–Trinajstić information content (AvgIpc) is 2.97. The number of aliphatic carboxylic acids is 1. The Hall–Kier alpha value is -5.30. The van der Waals surface area contributed by atoms with Crippen molar-refractivity contribution in [1.29, 1.82) is 0 Å². The highest BCUT2D eigenvalue weighted by Crippen LogP contribution is 2.36. The smallest absolute Gasteiger partial charge is 0.331 e. The Bertz CT molecular complexity index is 1730. The summed E-state index contributed by atoms with van der Waals surface area (Å²) in [5.74, 6) is -0.679. The van der Waals surface area contributed by atoms with Crippen LogP contribution in [0, 0.1) is 5.82 Å². The lowest BCUT2D eigenvalue weighted by atomic mass is 10.0. The zero-order valence-corrected chi connectivity index (χ0v) is 21.5. The van der Waals surface area contributed by atoms with Gasteiger partial charge in [-0.1, -0.05) is 54.6 Å². The van der Waals surface area contributed by atoms with Crippen LogP contribution < -0.4 is 9.47 Å². The quantitative estimate of drug-likeness (QED) is 0.156. The Morgan fingerprint density at radius 1 is 0.900 bits per heavy atom. The molecule has 7 heteroatoms. The van der Waals surface area contributed by atoms with Crippen molar-refractivity contribution in [2.75, 3.05) is 0 Å². The van der Waals surface area contributed by atoms with Crippen LogP contribution in [0.3, 0.4) is 0 Å². The third-order valence-electron chi connectivity index (χ3n) is 6.19. The van der Waals surface area contributed by atoms with Crippen molar-refractivity contribution in [2.45, 2.75) is 13.5 Å². The maximum absolute atomic E-state index is 13.9. The van der Waals surface area contributed by atoms with Crippen molar-refractivity contribution in [1.82, 2.24) is 4.98 Å². The first-order valence-electron chi connectivity index (χ1n) is 12.5. The second-order valence-corrected chi connectivity index (χ2v) is 9.10. The lowest BCUT2D eigenvalue weighted by Gasteiger charge is -2.15. The van der Waals surface area contributed by atoms with E-state index >= 15 is 0 Å². The summed E-state index contributed by atoms with van der Waals surface area (Å²) in [4.78, 5) is 29.1. The van der Waals surface area contributed by atoms with Gasteiger partial charge in [0.05, 0.1) is 11.1 Å². The number of ketones is 1. The van der Waals surface area contributed by atoms with Crippen molar-refractivity contribution in [3.8, 4) is 17.2 Å². The molecule has 0 atom stereocenters. The van der Waals surface area contributed by atoms with Gasteiger partial charge in [0.15, 0.2) is 5.78 Å². The number of carbonyl (C=O) groups excluding carboxylic acids is 1. The third kappa shape index (κ3) is 6.05. The minimum atomic E-state index is -1.00. The molecule has 0 aliphatic rings. The van der Waals surface area contributed by atoms with E-state index in [1.165, 1.54) is 37.4 Å². The number of hydrogen-bond donors (Lipinski definition) is 1. The predicted octanol–water partition coefficient (Wildman–Crippen LogP) is 7.46. The molecule has 5 rings (SSSR count). The van der Waals surface area contributed by atoms with Crippen LogP contribution in [0.25, 0.3) is 17.0 Å². The summed E-state index contributed by atoms with van der Waals surface area (Å²) in [6, 6.07) is 27.3. The second-order valence-electron chi connectivity index (χ2n) is 9.10. The molecular formula is C33H24FNO5. The summed E-state index contributed by atoms with van der Waals surface area (Å²) in [5.41, 5.74) is 2.78. The van der Waals surface area contributed by atoms with Crippen LogP contribution in [0.1, 0.15) is 34.0 Å². The molecule has 1 N–H and O–H groups in total. The average molecular weight is 534 g/mol. The Morgan fingerprint density at radius 2 is 1.65 bits per heavy atom. The first-order valence-corrected chi connectivity index (χ1v) is 12.5. The minimum absolute atomic E-state index is 0.165. The monoisotopic (exact) mass is 533 g/mol. The van der Waals surface area contributed by atoms with Crippen LogP contribution in [-0.4, -0.2) is 21.8 Å². The molecule has 198 valence electrons. The highest BCUT2D eigenvalue weighted by atomic mass is 19.1. The molecule has 0 aliphatic carbocycles. The molecule has 0 amide bonds. The number of aromatic nitrogens is 1. The molecule has 0 fully saturated rings. The maximum Gasteiger partial charge on any atom is 0.331 e. The third-order valence-corrected chi connectivity index (χ3v) is 6.19. The molecule has 40 heavy (non-hydrogen) atoms. The zero-order valence-electron chi connectivity index (χ0n) is 21.5. The van der Waals surface area contributed by atoms with E-state index in [4.69, 9.17) is 14.6 Å². The van der Waals surface area contributed by atoms with Gasteiger partial charge in [0.25, 0.3) is 0 Å². The van der Waals surface area contributed by atoms with E-state index in [-0.39, 0.29) is 22.4 Å². The van der Waals surface area contributed by atoms with Gasteiger partial charge in [0.2, 0.25) is 0 Å². The Balaban J connectivity index is 1.52. The van der Waals surface area contributed by atoms with Crippen molar-refractivity contribution in [3.05, 3.63) is 137 Å². The molecule has 4 aromatic carbocycles. The van der Waals surface area contributed by atoms with Crippen molar-refractivity contribution < 1.29 is 28.6 Å². The van der Waals surface area contributed by atoms with Gasteiger partial charge in [0, 0.05) is 28.8 Å². The van der Waals surface area contributed by atoms with Crippen LogP contribution in [-0.2, 0) is 11.4 Å². The van der Waals surface area contributed by atoms with E-state index in [9.17, 15) is 14.0 Å². The normalized spacial score (nSPS) is 11.3. The summed E-state index contributed by atoms with van der Waals surface area (Å²) in [5, 5.41) is 9.70. The number of fused-ring (bicyclic) bond motifs is 1. The number of rotatable bonds is 9. The number of ether oxygens (including phenoxy) is 2. The van der Waals surface area contributed by atoms with Crippen LogP contribution in [0.2, 0.25) is 0 Å². The van der Waals surface area contributed by atoms with Crippen LogP contribution in [0.5, 0.6) is 17.2 Å². The van der Waals surface area contributed by atoms with E-state index in [2.05, 4.69) is 4.98 Å². The number of halogens is 1. The van der Waals surface area contributed by atoms with Gasteiger partial charge in [-0.3, -0.25) is 9.78 Å². The summed E-state index contributed by atoms with van der Waals surface area (Å²) in [6.45, 7) is 1.89. The number of carboxylic acids is 1. The minimum Gasteiger partial charge on any atom is -0.489 e. The Morgan fingerprint density at radius 3 is 2.38 bits per heavy atom. The lowest BCUT2D eigenvalue weighted by molar-refractivity contribution is -0.132. The molecule has 0 unspecified atom stereocenters. The van der Waals surface area contributed by atoms with Gasteiger partial charge in [-0.15, -0.1) is 0 Å². The molecule has 1 heterocycles. The van der Waals surface area contributed by atoms with E-state index in [1.807, 2.05) is 30.3 Å². The van der Waals surface area contributed by atoms with E-state index < -0.39 is 17.6 Å². The standard InChI is InChI=1S/C33H24FNO5/c1-21(33(37)38)16-22-10-12-26(13-11-22)40-32-28-15-14-27(39-20-23-6-3-2-4-7-23)18-30(28)35-19-29(32)31(36)24-8-5-9-25(34)17-24/h2-19H,20H2,1H3,(H,37,38)/b21-16+. The van der Waals surface area contributed by atoms with Crippen molar-refractivity contribution in [2.24, 2.45) is 0 Å². The Labute approximate surface area is 230 Å². The molecular weight excluding hydrogens is 509 g/mol. The molecule has 0 bridgehead atoms. The van der Waals surface area contributed by atoms with E-state index in [0.717, 1.165) is 5.56 Å². The van der Waals surface area contributed by atoms with Crippen LogP contribution >= 0.6 is 0 Å². The summed E-state index contributed by atoms with van der Waals surface area (Å²) in [7, 11) is 0. The first-order chi connectivity index (χ1) is 19.4. The largest absolute Gasteiger partial charge is 0.489 e. The lowest BCUT2D eigenvalue weighted by Crippen LogP contribution is -2.06. The summed E-state index contributed by atoms with van der Waals surface area (Å²) >= 11 is 0. The van der Waals surface area contributed by atoms with Gasteiger partial charge >= 0.3 is 5.97 Å². The highest BCUT2D eigenvalue weighted by molar-refractivity contribution is 6.13. The number of hydrogen-bond acceptors (Lipinski definition) is 5. The number of nitrogens with zero attached hydrogens (tertiary/aromatic N) is 1. The number of carboxylic acid groups (broad SMARTS) is 1. The predicted molar refractivity (Wildman–Crippen MR) is 150 cm³/mol. The molecule has 0 saturated heterocycles. The van der Waals surface area contributed by atoms with Crippen LogP contribution in [0.4, 0.5) is 4.39 Å². The van der Waals surface area contributed by atoms with Gasteiger partial charge in [-0.05, 0) is 60.5 Å². The van der Waals surface area contributed by atoms with Gasteiger partial charge in [-0.25, -0.2) is 9.18 Å². The zero-order chi connectivity index (χ0) is 28.1. The van der Waals surface area contributed by atoms with Crippen molar-refractivity contribution in [3.63, 3.8) is 0 Å². The van der Waals surface area contributed by atoms with Crippen molar-refractivity contribution >= 4 is 28.7 Å². The molecule has 1 aromatic heterocycles. The number of pyridine rings is 1. The highest BCUT2D eigenvalue weighted by Gasteiger charge is 2.20. The van der Waals surface area contributed by atoms with Gasteiger partial charge in [0.1, 0.15) is 29.7 Å². The van der Waals surface area contributed by atoms with Crippen LogP contribution in [0.15, 0.2) is 109 Å². The van der Waals surface area contributed by atoms with E-state index in [0.29, 0.717) is 34.6 Å². The topological polar surface area (TPSA) is 85.7 Å². The number of benzene rings is 4. The van der Waals surface area contributed by atoms with Gasteiger partial charge in [-0.2, -0.15) is 0 Å². The fourth-order valence-corrected chi connectivity index (χ4v) is 4.10. The second kappa shape index (κ2) is 11.6.